The maximum Gasteiger partial charge on any atom is 0.272 e. The summed E-state index contributed by atoms with van der Waals surface area (Å²) in [5.41, 5.74) is 2.95. The maximum absolute atomic E-state index is 12.3. The third-order valence-corrected chi connectivity index (χ3v) is 5.16. The molecule has 3 rings (SSSR count). The largest absolute Gasteiger partial charge is 0.287 e. The Bertz CT molecular complexity index is 1080. The number of pyridine rings is 1. The molecule has 1 heterocycles. The number of carbonyl (C=O) groups is 2. The normalized spacial score (nSPS) is 11.0. The second kappa shape index (κ2) is 8.55. The van der Waals surface area contributed by atoms with E-state index in [4.69, 9.17) is 0 Å². The zero-order valence-electron chi connectivity index (χ0n) is 14.8. The Morgan fingerprint density at radius 2 is 1.43 bits per heavy atom. The molecule has 0 unspecified atom stereocenters. The molecule has 3 aromatic rings. The third kappa shape index (κ3) is 4.87. The van der Waals surface area contributed by atoms with Gasteiger partial charge in [0.15, 0.2) is 12.4 Å². The number of hydrazine groups is 1. The van der Waals surface area contributed by atoms with Crippen molar-refractivity contribution in [2.75, 3.05) is 0 Å². The van der Waals surface area contributed by atoms with E-state index in [-0.39, 0.29) is 22.8 Å². The summed E-state index contributed by atoms with van der Waals surface area (Å²) in [7, 11) is -3.87. The van der Waals surface area contributed by atoms with Gasteiger partial charge in [0, 0.05) is 11.6 Å². The molecule has 8 heteroatoms. The molecule has 0 spiro atoms. The van der Waals surface area contributed by atoms with Gasteiger partial charge >= 0.3 is 0 Å². The average molecular weight is 396 g/mol. The number of sulfonamides is 1. The van der Waals surface area contributed by atoms with E-state index in [9.17, 15) is 18.0 Å². The highest BCUT2D eigenvalue weighted by Crippen LogP contribution is 2.06. The first-order valence-corrected chi connectivity index (χ1v) is 9.88. The van der Waals surface area contributed by atoms with Gasteiger partial charge in [-0.1, -0.05) is 48.5 Å². The number of hydrogen-bond donors (Lipinski definition) is 2. The van der Waals surface area contributed by atoms with Gasteiger partial charge in [0.2, 0.25) is 12.3 Å². The van der Waals surface area contributed by atoms with Crippen LogP contribution in [0.15, 0.2) is 90.1 Å². The molecular formula is C20H18N3O4S+. The fraction of sp³-hybridized carbons (Fsp3) is 0.0500. The summed E-state index contributed by atoms with van der Waals surface area (Å²) in [5, 5.41) is 0. The topological polar surface area (TPSA) is 96.2 Å². The van der Waals surface area contributed by atoms with Crippen LogP contribution in [-0.4, -0.2) is 20.1 Å². The lowest BCUT2D eigenvalue weighted by Gasteiger charge is -2.08. The number of amides is 1. The van der Waals surface area contributed by atoms with Crippen LogP contribution in [0, 0.1) is 0 Å². The zero-order chi connectivity index (χ0) is 20.0. The summed E-state index contributed by atoms with van der Waals surface area (Å²) < 4.78 is 25.9. The number of aromatic nitrogens is 1. The highest BCUT2D eigenvalue weighted by molar-refractivity contribution is 7.89. The highest BCUT2D eigenvalue weighted by Gasteiger charge is 2.18. The van der Waals surface area contributed by atoms with Gasteiger partial charge in [-0.05, 0) is 18.2 Å². The Morgan fingerprint density at radius 1 is 0.821 bits per heavy atom. The predicted octanol–water partition coefficient (Wildman–Crippen LogP) is 1.48. The van der Waals surface area contributed by atoms with Crippen LogP contribution in [0.3, 0.4) is 0 Å². The van der Waals surface area contributed by atoms with Gasteiger partial charge in [-0.25, -0.2) is 8.42 Å². The summed E-state index contributed by atoms with van der Waals surface area (Å²) in [5.74, 6) is -0.742. The second-order valence-electron chi connectivity index (χ2n) is 5.93. The van der Waals surface area contributed by atoms with Crippen molar-refractivity contribution in [3.05, 3.63) is 96.3 Å². The first-order valence-electron chi connectivity index (χ1n) is 8.40. The van der Waals surface area contributed by atoms with Crippen LogP contribution in [0.5, 0.6) is 0 Å². The van der Waals surface area contributed by atoms with Crippen LogP contribution in [0.4, 0.5) is 0 Å². The van der Waals surface area contributed by atoms with Crippen molar-refractivity contribution in [2.24, 2.45) is 0 Å². The molecule has 0 bridgehead atoms. The Morgan fingerprint density at radius 3 is 2.11 bits per heavy atom. The highest BCUT2D eigenvalue weighted by atomic mass is 32.2. The summed E-state index contributed by atoms with van der Waals surface area (Å²) in [4.78, 5) is 26.7. The smallest absolute Gasteiger partial charge is 0.272 e. The van der Waals surface area contributed by atoms with Crippen molar-refractivity contribution in [2.45, 2.75) is 11.4 Å². The molecule has 2 N–H and O–H groups in total. The Balaban J connectivity index is 1.66. The molecule has 0 aliphatic heterocycles. The molecule has 0 aliphatic carbocycles. The van der Waals surface area contributed by atoms with E-state index in [1.165, 1.54) is 24.4 Å². The van der Waals surface area contributed by atoms with E-state index in [2.05, 4.69) is 10.3 Å². The number of nitrogens with one attached hydrogen (secondary N) is 2. The SMILES string of the molecule is O=C(C[n+]1cccc(C(=O)NNS(=O)(=O)c2ccccc2)c1)c1ccccc1. The van der Waals surface area contributed by atoms with Crippen LogP contribution in [0.2, 0.25) is 0 Å². The molecule has 142 valence electrons. The molecule has 0 radical (unpaired) electrons. The minimum atomic E-state index is -3.87. The summed E-state index contributed by atoms with van der Waals surface area (Å²) in [6.45, 7) is 0.0564. The lowest BCUT2D eigenvalue weighted by Crippen LogP contribution is -2.43. The van der Waals surface area contributed by atoms with Crippen molar-refractivity contribution in [3.63, 3.8) is 0 Å². The monoisotopic (exact) mass is 396 g/mol. The number of ketones is 1. The molecule has 2 aromatic carbocycles. The van der Waals surface area contributed by atoms with E-state index >= 15 is 0 Å². The number of hydrogen-bond acceptors (Lipinski definition) is 4. The quantitative estimate of drug-likeness (QED) is 0.359. The minimum absolute atomic E-state index is 0.0342. The fourth-order valence-corrected chi connectivity index (χ4v) is 3.34. The van der Waals surface area contributed by atoms with E-state index in [0.717, 1.165) is 0 Å². The standard InChI is InChI=1S/C20H17N3O4S/c24-19(16-8-3-1-4-9-16)15-23-13-7-10-17(14-23)20(25)21-22-28(26,27)18-11-5-2-6-12-18/h1-14,22H,15H2/p+1. The van der Waals surface area contributed by atoms with Gasteiger partial charge < -0.3 is 0 Å². The van der Waals surface area contributed by atoms with Gasteiger partial charge in [0.05, 0.1) is 4.90 Å². The molecule has 0 aliphatic rings. The zero-order valence-corrected chi connectivity index (χ0v) is 15.6. The molecule has 28 heavy (non-hydrogen) atoms. The lowest BCUT2D eigenvalue weighted by atomic mass is 10.1. The average Bonchev–Trinajstić information content (AvgIpc) is 2.73. The Kier molecular flexibility index (Phi) is 5.93. The van der Waals surface area contributed by atoms with Crippen molar-refractivity contribution in [1.82, 2.24) is 10.3 Å². The van der Waals surface area contributed by atoms with Gasteiger partial charge in [-0.15, -0.1) is 4.83 Å². The molecule has 1 amide bonds. The maximum atomic E-state index is 12.3. The van der Waals surface area contributed by atoms with Gasteiger partial charge in [-0.2, -0.15) is 4.57 Å². The van der Waals surface area contributed by atoms with E-state index in [1.807, 2.05) is 6.07 Å². The molecule has 7 nitrogen and oxygen atoms in total. The number of Topliss-reactive ketones (excluding diaryl/α,β-unsaturated/α-hetero) is 1. The lowest BCUT2D eigenvalue weighted by molar-refractivity contribution is -0.683. The molecule has 0 atom stereocenters. The van der Waals surface area contributed by atoms with Crippen molar-refractivity contribution in [1.29, 1.82) is 0 Å². The minimum Gasteiger partial charge on any atom is -0.287 e. The molecule has 0 saturated carbocycles. The number of carbonyl (C=O) groups excluding carboxylic acids is 2. The van der Waals surface area contributed by atoms with Crippen molar-refractivity contribution in [3.8, 4) is 0 Å². The van der Waals surface area contributed by atoms with Gasteiger partial charge in [-0.3, -0.25) is 15.0 Å². The summed E-state index contributed by atoms with van der Waals surface area (Å²) in [6, 6.07) is 19.6. The van der Waals surface area contributed by atoms with Crippen molar-refractivity contribution < 1.29 is 22.6 Å². The van der Waals surface area contributed by atoms with E-state index < -0.39 is 15.9 Å². The van der Waals surface area contributed by atoms with Crippen molar-refractivity contribution >= 4 is 21.7 Å². The van der Waals surface area contributed by atoms with Crippen LogP contribution < -0.4 is 14.8 Å². The van der Waals surface area contributed by atoms with Crippen LogP contribution in [0.25, 0.3) is 0 Å². The van der Waals surface area contributed by atoms with Crippen LogP contribution in [0.1, 0.15) is 20.7 Å². The number of rotatable bonds is 7. The number of nitrogens with zero attached hydrogens (tertiary/aromatic N) is 1. The van der Waals surface area contributed by atoms with E-state index in [1.54, 1.807) is 59.3 Å². The number of benzene rings is 2. The third-order valence-electron chi connectivity index (χ3n) is 3.89. The summed E-state index contributed by atoms with van der Waals surface area (Å²) in [6.07, 6.45) is 3.14. The molecule has 0 fully saturated rings. The van der Waals surface area contributed by atoms with Gasteiger partial charge in [0.25, 0.3) is 15.9 Å². The Hall–Kier alpha value is -3.36. The Labute approximate surface area is 162 Å². The molecular weight excluding hydrogens is 378 g/mol. The first kappa shape index (κ1) is 19.4. The first-order chi connectivity index (χ1) is 13.5. The fourth-order valence-electron chi connectivity index (χ4n) is 2.48. The molecule has 1 aromatic heterocycles. The predicted molar refractivity (Wildman–Crippen MR) is 102 cm³/mol. The second-order valence-corrected chi connectivity index (χ2v) is 7.61. The van der Waals surface area contributed by atoms with Gasteiger partial charge in [0.1, 0.15) is 5.56 Å². The van der Waals surface area contributed by atoms with E-state index in [0.29, 0.717) is 5.56 Å². The molecule has 0 saturated heterocycles. The summed E-state index contributed by atoms with van der Waals surface area (Å²) >= 11 is 0. The van der Waals surface area contributed by atoms with Crippen LogP contribution >= 0.6 is 0 Å². The van der Waals surface area contributed by atoms with Crippen LogP contribution in [-0.2, 0) is 16.6 Å².